The summed E-state index contributed by atoms with van der Waals surface area (Å²) in [6, 6.07) is 6.06. The van der Waals surface area contributed by atoms with Gasteiger partial charge >= 0.3 is 6.03 Å². The topological polar surface area (TPSA) is 70.2 Å². The van der Waals surface area contributed by atoms with Gasteiger partial charge in [0.05, 0.1) is 0 Å². The SMILES string of the molecule is O=C(NCC1CCCCC1)NNC(=O)c1ccc(Cl)cc1. The van der Waals surface area contributed by atoms with E-state index in [1.807, 2.05) is 0 Å². The molecule has 1 aliphatic carbocycles. The molecular formula is C15H20ClN3O2. The Kier molecular flexibility index (Phi) is 5.87. The van der Waals surface area contributed by atoms with Gasteiger partial charge in [0, 0.05) is 17.1 Å². The number of rotatable bonds is 3. The van der Waals surface area contributed by atoms with E-state index in [1.165, 1.54) is 19.3 Å². The highest BCUT2D eigenvalue weighted by atomic mass is 35.5. The molecule has 0 heterocycles. The maximum atomic E-state index is 11.8. The van der Waals surface area contributed by atoms with Gasteiger partial charge in [-0.3, -0.25) is 10.2 Å². The monoisotopic (exact) mass is 309 g/mol. The Balaban J connectivity index is 1.68. The fourth-order valence-corrected chi connectivity index (χ4v) is 2.59. The quantitative estimate of drug-likeness (QED) is 0.751. The highest BCUT2D eigenvalue weighted by molar-refractivity contribution is 6.30. The van der Waals surface area contributed by atoms with Gasteiger partial charge in [-0.15, -0.1) is 0 Å². The number of carbonyl (C=O) groups is 2. The molecule has 6 heteroatoms. The second-order valence-electron chi connectivity index (χ2n) is 5.30. The van der Waals surface area contributed by atoms with E-state index >= 15 is 0 Å². The molecule has 1 aromatic carbocycles. The van der Waals surface area contributed by atoms with Crippen LogP contribution in [0.2, 0.25) is 5.02 Å². The van der Waals surface area contributed by atoms with Crippen LogP contribution in [0.15, 0.2) is 24.3 Å². The molecule has 1 aromatic rings. The Morgan fingerprint density at radius 3 is 2.38 bits per heavy atom. The first-order chi connectivity index (χ1) is 10.1. The molecule has 0 bridgehead atoms. The van der Waals surface area contributed by atoms with Gasteiger partial charge in [0.1, 0.15) is 0 Å². The van der Waals surface area contributed by atoms with Crippen LogP contribution in [0.5, 0.6) is 0 Å². The third-order valence-electron chi connectivity index (χ3n) is 3.67. The van der Waals surface area contributed by atoms with Crippen molar-refractivity contribution in [3.8, 4) is 0 Å². The van der Waals surface area contributed by atoms with Crippen LogP contribution in [0.1, 0.15) is 42.5 Å². The number of hydrogen-bond donors (Lipinski definition) is 3. The van der Waals surface area contributed by atoms with Gasteiger partial charge in [-0.05, 0) is 43.0 Å². The van der Waals surface area contributed by atoms with E-state index in [2.05, 4.69) is 16.2 Å². The second kappa shape index (κ2) is 7.88. The van der Waals surface area contributed by atoms with Gasteiger partial charge < -0.3 is 5.32 Å². The molecule has 5 nitrogen and oxygen atoms in total. The Morgan fingerprint density at radius 2 is 1.71 bits per heavy atom. The van der Waals surface area contributed by atoms with Crippen LogP contribution in [-0.2, 0) is 0 Å². The van der Waals surface area contributed by atoms with Crippen LogP contribution in [0.25, 0.3) is 0 Å². The molecule has 0 saturated heterocycles. The van der Waals surface area contributed by atoms with Gasteiger partial charge in [-0.25, -0.2) is 10.2 Å². The first-order valence-electron chi connectivity index (χ1n) is 7.25. The normalized spacial score (nSPS) is 15.3. The molecule has 0 unspecified atom stereocenters. The van der Waals surface area contributed by atoms with Crippen molar-refractivity contribution in [2.75, 3.05) is 6.54 Å². The summed E-state index contributed by atoms with van der Waals surface area (Å²) in [6.45, 7) is 0.655. The van der Waals surface area contributed by atoms with E-state index in [0.29, 0.717) is 23.0 Å². The number of benzene rings is 1. The number of hydrogen-bond acceptors (Lipinski definition) is 2. The van der Waals surface area contributed by atoms with Crippen molar-refractivity contribution in [2.24, 2.45) is 5.92 Å². The minimum atomic E-state index is -0.386. The lowest BCUT2D eigenvalue weighted by molar-refractivity contribution is 0.0936. The summed E-state index contributed by atoms with van der Waals surface area (Å²) in [5.74, 6) is 0.177. The highest BCUT2D eigenvalue weighted by Gasteiger charge is 2.14. The number of hydrazine groups is 1. The Labute approximate surface area is 129 Å². The van der Waals surface area contributed by atoms with Crippen molar-refractivity contribution in [2.45, 2.75) is 32.1 Å². The molecule has 0 spiro atoms. The first-order valence-corrected chi connectivity index (χ1v) is 7.62. The van der Waals surface area contributed by atoms with Crippen molar-refractivity contribution in [1.29, 1.82) is 0 Å². The molecule has 3 N–H and O–H groups in total. The van der Waals surface area contributed by atoms with Crippen molar-refractivity contribution in [3.63, 3.8) is 0 Å². The summed E-state index contributed by atoms with van der Waals surface area (Å²) in [5, 5.41) is 3.34. The standard InChI is InChI=1S/C15H20ClN3O2/c16-13-8-6-12(7-9-13)14(20)18-19-15(21)17-10-11-4-2-1-3-5-11/h6-9,11H,1-5,10H2,(H,18,20)(H2,17,19,21). The number of nitrogens with one attached hydrogen (secondary N) is 3. The van der Waals surface area contributed by atoms with Crippen LogP contribution < -0.4 is 16.2 Å². The van der Waals surface area contributed by atoms with Crippen LogP contribution in [-0.4, -0.2) is 18.5 Å². The fourth-order valence-electron chi connectivity index (χ4n) is 2.46. The molecule has 1 fully saturated rings. The second-order valence-corrected chi connectivity index (χ2v) is 5.74. The summed E-state index contributed by atoms with van der Waals surface area (Å²) < 4.78 is 0. The van der Waals surface area contributed by atoms with Crippen LogP contribution in [0, 0.1) is 5.92 Å². The summed E-state index contributed by atoms with van der Waals surface area (Å²) in [5.41, 5.74) is 5.15. The molecule has 3 amide bonds. The molecule has 114 valence electrons. The predicted octanol–water partition coefficient (Wildman–Crippen LogP) is 2.86. The minimum absolute atomic E-state index is 0.375. The van der Waals surface area contributed by atoms with Crippen molar-refractivity contribution in [3.05, 3.63) is 34.9 Å². The number of halogens is 1. The molecule has 1 aliphatic rings. The lowest BCUT2D eigenvalue weighted by Gasteiger charge is -2.21. The maximum Gasteiger partial charge on any atom is 0.333 e. The maximum absolute atomic E-state index is 11.8. The number of urea groups is 1. The third-order valence-corrected chi connectivity index (χ3v) is 3.92. The molecule has 0 atom stereocenters. The molecule has 0 aliphatic heterocycles. The van der Waals surface area contributed by atoms with Crippen LogP contribution in [0.4, 0.5) is 4.79 Å². The average molecular weight is 310 g/mol. The van der Waals surface area contributed by atoms with E-state index in [4.69, 9.17) is 11.6 Å². The van der Waals surface area contributed by atoms with Gasteiger partial charge in [0.2, 0.25) is 0 Å². The van der Waals surface area contributed by atoms with Gasteiger partial charge in [-0.2, -0.15) is 0 Å². The molecular weight excluding hydrogens is 290 g/mol. The zero-order valence-corrected chi connectivity index (χ0v) is 12.6. The van der Waals surface area contributed by atoms with Crippen molar-refractivity contribution in [1.82, 2.24) is 16.2 Å². The van der Waals surface area contributed by atoms with Gasteiger partial charge in [0.25, 0.3) is 5.91 Å². The van der Waals surface area contributed by atoms with E-state index < -0.39 is 0 Å². The number of amides is 3. The molecule has 2 rings (SSSR count). The van der Waals surface area contributed by atoms with E-state index in [0.717, 1.165) is 12.8 Å². The zero-order valence-electron chi connectivity index (χ0n) is 11.8. The molecule has 0 radical (unpaired) electrons. The fraction of sp³-hybridized carbons (Fsp3) is 0.467. The van der Waals surface area contributed by atoms with Crippen molar-refractivity contribution >= 4 is 23.5 Å². The summed E-state index contributed by atoms with van der Waals surface area (Å²) in [7, 11) is 0. The smallest absolute Gasteiger partial charge is 0.333 e. The Morgan fingerprint density at radius 1 is 1.05 bits per heavy atom. The minimum Gasteiger partial charge on any atom is -0.336 e. The third kappa shape index (κ3) is 5.27. The van der Waals surface area contributed by atoms with Crippen LogP contribution in [0.3, 0.4) is 0 Å². The predicted molar refractivity (Wildman–Crippen MR) is 82.0 cm³/mol. The Hall–Kier alpha value is -1.75. The van der Waals surface area contributed by atoms with Crippen molar-refractivity contribution < 1.29 is 9.59 Å². The Bertz CT molecular complexity index is 484. The van der Waals surface area contributed by atoms with Crippen LogP contribution >= 0.6 is 11.6 Å². The van der Waals surface area contributed by atoms with Gasteiger partial charge in [0.15, 0.2) is 0 Å². The molecule has 1 saturated carbocycles. The van der Waals surface area contributed by atoms with Gasteiger partial charge in [-0.1, -0.05) is 30.9 Å². The molecule has 0 aromatic heterocycles. The largest absolute Gasteiger partial charge is 0.336 e. The summed E-state index contributed by atoms with van der Waals surface area (Å²) in [4.78, 5) is 23.4. The van der Waals surface area contributed by atoms with E-state index in [9.17, 15) is 9.59 Å². The van der Waals surface area contributed by atoms with E-state index in [-0.39, 0.29) is 11.9 Å². The first kappa shape index (κ1) is 15.6. The molecule has 21 heavy (non-hydrogen) atoms. The summed E-state index contributed by atoms with van der Waals surface area (Å²) in [6.07, 6.45) is 6.09. The lowest BCUT2D eigenvalue weighted by atomic mass is 9.89. The number of carbonyl (C=O) groups excluding carboxylic acids is 2. The average Bonchev–Trinajstić information content (AvgIpc) is 2.52. The zero-order chi connectivity index (χ0) is 15.1. The lowest BCUT2D eigenvalue weighted by Crippen LogP contribution is -2.48. The highest BCUT2D eigenvalue weighted by Crippen LogP contribution is 2.22. The van der Waals surface area contributed by atoms with E-state index in [1.54, 1.807) is 24.3 Å². The summed E-state index contributed by atoms with van der Waals surface area (Å²) >= 11 is 5.75.